The number of nitrogen functional groups attached to an aromatic ring is 1. The molecule has 0 atom stereocenters. The maximum absolute atomic E-state index is 12.3. The quantitative estimate of drug-likeness (QED) is 0.0444. The third-order valence-corrected chi connectivity index (χ3v) is 10.7. The number of hydrogen-bond donors (Lipinski definition) is 6. The maximum Gasteiger partial charge on any atom is 0.360 e. The predicted octanol–water partition coefficient (Wildman–Crippen LogP) is 11.3. The van der Waals surface area contributed by atoms with Crippen LogP contribution < -0.4 is 31.7 Å². The van der Waals surface area contributed by atoms with Crippen LogP contribution in [0.2, 0.25) is 0 Å². The van der Waals surface area contributed by atoms with Gasteiger partial charge in [0.15, 0.2) is 11.6 Å². The van der Waals surface area contributed by atoms with E-state index in [2.05, 4.69) is 52.5 Å². The molecule has 7 N–H and O–H groups in total. The van der Waals surface area contributed by atoms with Gasteiger partial charge in [0.05, 0.1) is 14.7 Å². The first-order valence-electron chi connectivity index (χ1n) is 21.7. The number of nitro benzene ring substituents is 2. The Balaban J connectivity index is 0.000000230. The van der Waals surface area contributed by atoms with Gasteiger partial charge in [-0.1, -0.05) is 96.0 Å². The summed E-state index contributed by atoms with van der Waals surface area (Å²) in [5.41, 5.74) is 6.98. The minimum Gasteiger partial charge on any atom is -0.498 e. The van der Waals surface area contributed by atoms with Gasteiger partial charge in [-0.2, -0.15) is 0 Å². The van der Waals surface area contributed by atoms with Crippen molar-refractivity contribution in [2.75, 3.05) is 31.7 Å². The summed E-state index contributed by atoms with van der Waals surface area (Å²) >= 11 is 0. The van der Waals surface area contributed by atoms with Crippen LogP contribution in [0.1, 0.15) is 85.3 Å². The summed E-state index contributed by atoms with van der Waals surface area (Å²) in [6.45, 7) is 17.8. The van der Waals surface area contributed by atoms with Crippen molar-refractivity contribution in [3.05, 3.63) is 175 Å². The lowest BCUT2D eigenvalue weighted by atomic mass is 9.93. The predicted molar refractivity (Wildman–Crippen MR) is 275 cm³/mol. The largest absolute Gasteiger partial charge is 0.498 e. The van der Waals surface area contributed by atoms with E-state index in [0.29, 0.717) is 57.4 Å². The van der Waals surface area contributed by atoms with E-state index in [1.54, 1.807) is 60.7 Å². The molecule has 4 amide bonds. The van der Waals surface area contributed by atoms with Crippen molar-refractivity contribution in [2.45, 2.75) is 83.5 Å². The number of nitro groups is 2. The summed E-state index contributed by atoms with van der Waals surface area (Å²) in [5.74, 6) is 2.62. The monoisotopic (exact) mass is 1020 g/mol. The van der Waals surface area contributed by atoms with E-state index in [0.717, 1.165) is 0 Å². The zero-order chi connectivity index (χ0) is 54.1. The number of non-ortho nitro benzene ring substituents is 2. The third-order valence-electron chi connectivity index (χ3n) is 9.28. The van der Waals surface area contributed by atoms with Gasteiger partial charge in [-0.05, 0) is 60.7 Å². The summed E-state index contributed by atoms with van der Waals surface area (Å²) in [6.07, 6.45) is 0. The second-order valence-electron chi connectivity index (χ2n) is 18.5. The Labute approximate surface area is 419 Å². The van der Waals surface area contributed by atoms with E-state index in [1.165, 1.54) is 60.7 Å². The van der Waals surface area contributed by atoms with Crippen molar-refractivity contribution in [1.29, 1.82) is 0 Å². The number of nitrogens with two attached hydrogens (primary N) is 1. The number of benzene rings is 4. The van der Waals surface area contributed by atoms with Crippen molar-refractivity contribution < 1.29 is 41.4 Å². The fraction of sp³-hybridized carbons (Fsp3) is 0.250. The number of aromatic nitrogens is 3. The van der Waals surface area contributed by atoms with E-state index in [9.17, 15) is 43.4 Å². The number of carbonyl (C=O) groups excluding carboxylic acids is 2. The third kappa shape index (κ3) is 18.5. The van der Waals surface area contributed by atoms with Gasteiger partial charge in [-0.3, -0.25) is 35.6 Å². The molecule has 0 aliphatic heterocycles. The Morgan fingerprint density at radius 3 is 1.34 bits per heavy atom. The summed E-state index contributed by atoms with van der Waals surface area (Å²) in [6, 6.07) is 31.7. The lowest BCUT2D eigenvalue weighted by molar-refractivity contribution is -0.385. The van der Waals surface area contributed by atoms with Gasteiger partial charge in [0.1, 0.15) is 17.3 Å². The standard InChI is InChI=1S/C20H22N4O4S.C14H16N4O4.C8H10N2O2.C6H6N2O2/c1-20(2,3)17-13-18(23-28-17)22-19(25)21-14-9-11-15(12-10-14)24-29(26,27)16-7-5-4-6-8-16;1-14(2,3)11-8-12(17-22-11)16-13(19)15-9-4-6-10(7-5-9)18(20)21;1-8(2,3)7-4-6(5-9-11)10-12-7;7-5-1-3-6(4-2-5)8(9)10/h4-13,24H,1-3H3,(H2,21,22,23,25);4-8H,1-3H3,(H2,15,16,17,19);4H,1-3H3;1-4H,7H2. The first kappa shape index (κ1) is 56.3. The maximum atomic E-state index is 12.3. The van der Waals surface area contributed by atoms with Crippen LogP contribution in [-0.4, -0.2) is 45.8 Å². The number of hydrogen-bond acceptors (Lipinski definition) is 16. The highest BCUT2D eigenvalue weighted by molar-refractivity contribution is 7.92. The fourth-order valence-corrected chi connectivity index (χ4v) is 6.44. The Morgan fingerprint density at radius 1 is 0.575 bits per heavy atom. The van der Waals surface area contributed by atoms with Crippen LogP contribution in [0.25, 0.3) is 5.01 Å². The molecule has 3 aromatic heterocycles. The van der Waals surface area contributed by atoms with Gasteiger partial charge >= 0.3 is 18.1 Å². The number of amides is 4. The van der Waals surface area contributed by atoms with Gasteiger partial charge in [-0.25, -0.2) is 18.0 Å². The van der Waals surface area contributed by atoms with Crippen LogP contribution >= 0.6 is 0 Å². The van der Waals surface area contributed by atoms with Crippen LogP contribution in [0.3, 0.4) is 0 Å². The lowest BCUT2D eigenvalue weighted by Gasteiger charge is -2.12. The van der Waals surface area contributed by atoms with Gasteiger partial charge in [-0.15, -0.1) is 0 Å². The van der Waals surface area contributed by atoms with Crippen molar-refractivity contribution in [1.82, 2.24) is 15.5 Å². The molecule has 0 aliphatic carbocycles. The zero-order valence-electron chi connectivity index (χ0n) is 41.1. The Hall–Kier alpha value is -9.31. The average molecular weight is 1020 g/mol. The molecule has 0 saturated carbocycles. The minimum absolute atomic E-state index is 0.0442. The van der Waals surface area contributed by atoms with Crippen molar-refractivity contribution in [3.8, 4) is 6.07 Å². The second kappa shape index (κ2) is 24.5. The molecule has 0 fully saturated rings. The summed E-state index contributed by atoms with van der Waals surface area (Å²) < 4.78 is 42.5. The van der Waals surface area contributed by atoms with E-state index in [-0.39, 0.29) is 32.5 Å². The highest BCUT2D eigenvalue weighted by atomic mass is 32.2. The van der Waals surface area contributed by atoms with Crippen molar-refractivity contribution >= 4 is 67.8 Å². The molecule has 7 rings (SSSR count). The fourth-order valence-electron chi connectivity index (χ4n) is 5.36. The molecule has 3 heterocycles. The topological polar surface area (TPSA) is 346 Å². The molecule has 0 saturated heterocycles. The molecule has 0 aliphatic rings. The van der Waals surface area contributed by atoms with Crippen LogP contribution in [0.5, 0.6) is 0 Å². The molecule has 25 heteroatoms. The molecule has 0 radical (unpaired) electrons. The molecular weight excluding hydrogens is 969 g/mol. The molecule has 0 spiro atoms. The lowest BCUT2D eigenvalue weighted by Crippen LogP contribution is -2.19. The molecule has 0 bridgehead atoms. The van der Waals surface area contributed by atoms with Crippen LogP contribution in [0, 0.1) is 31.5 Å². The zero-order valence-corrected chi connectivity index (χ0v) is 41.9. The number of nitrogens with zero attached hydrogens (tertiary/aromatic N) is 6. The average Bonchev–Trinajstić information content (AvgIpc) is 4.11. The number of urea groups is 2. The molecule has 384 valence electrons. The van der Waals surface area contributed by atoms with Crippen LogP contribution in [0.4, 0.5) is 55.3 Å². The number of rotatable bonds is 9. The Kier molecular flexibility index (Phi) is 18.9. The highest BCUT2D eigenvalue weighted by Gasteiger charge is 2.23. The van der Waals surface area contributed by atoms with E-state index in [1.807, 2.05) is 62.3 Å². The molecule has 4 aromatic carbocycles. The molecular formula is C48H54N12O12S. The van der Waals surface area contributed by atoms with Crippen molar-refractivity contribution in [3.63, 3.8) is 0 Å². The number of sulfonamides is 1. The first-order valence-corrected chi connectivity index (χ1v) is 23.2. The van der Waals surface area contributed by atoms with Gasteiger partial charge in [0, 0.05) is 86.5 Å². The molecule has 0 unspecified atom stereocenters. The summed E-state index contributed by atoms with van der Waals surface area (Å²) in [5, 5.41) is 54.4. The molecule has 73 heavy (non-hydrogen) atoms. The SMILES string of the molecule is CC(C)(C)c1cc(C#[N+][O-])no1.CC(C)(C)c1cc(NC(=O)Nc2ccc(NS(=O)(=O)c3ccccc3)cc2)no1.CC(C)(C)c1cc(NC(=O)Nc2ccc([N+](=O)[O-])cc2)no1.Nc1ccc([N+](=O)[O-])cc1. The number of anilines is 6. The highest BCUT2D eigenvalue weighted by Crippen LogP contribution is 2.27. The Bertz CT molecular complexity index is 3130. The minimum atomic E-state index is -3.67. The number of carbonyl (C=O) groups is 2. The van der Waals surface area contributed by atoms with E-state index in [4.69, 9.17) is 19.3 Å². The molecule has 24 nitrogen and oxygen atoms in total. The van der Waals surface area contributed by atoms with Crippen LogP contribution in [-0.2, 0) is 26.3 Å². The van der Waals surface area contributed by atoms with Gasteiger partial charge < -0.3 is 35.1 Å². The van der Waals surface area contributed by atoms with Gasteiger partial charge in [0.25, 0.3) is 21.4 Å². The first-order chi connectivity index (χ1) is 34.1. The van der Waals surface area contributed by atoms with E-state index >= 15 is 0 Å². The number of nitrogens with one attached hydrogen (secondary N) is 5. The summed E-state index contributed by atoms with van der Waals surface area (Å²) in [7, 11) is -3.67. The summed E-state index contributed by atoms with van der Waals surface area (Å²) in [4.78, 5) is 43.8. The second-order valence-corrected chi connectivity index (χ2v) is 20.2. The van der Waals surface area contributed by atoms with Crippen molar-refractivity contribution in [2.24, 2.45) is 0 Å². The Morgan fingerprint density at radius 2 is 0.959 bits per heavy atom. The molecule has 7 aromatic rings. The van der Waals surface area contributed by atoms with Gasteiger partial charge in [0.2, 0.25) is 5.69 Å². The smallest absolute Gasteiger partial charge is 0.360 e. The van der Waals surface area contributed by atoms with Crippen LogP contribution in [0.15, 0.2) is 140 Å². The normalized spacial score (nSPS) is 11.0. The van der Waals surface area contributed by atoms with E-state index < -0.39 is 31.9 Å².